The van der Waals surface area contributed by atoms with Crippen LogP contribution in [0, 0.1) is 6.04 Å². The number of hydrogen-bond donors (Lipinski definition) is 1. The van der Waals surface area contributed by atoms with E-state index in [9.17, 15) is 0 Å². The molecule has 0 atom stereocenters. The van der Waals surface area contributed by atoms with Crippen LogP contribution in [0.3, 0.4) is 0 Å². The van der Waals surface area contributed by atoms with E-state index in [1.54, 1.807) is 11.3 Å². The molecule has 1 aromatic rings. The summed E-state index contributed by atoms with van der Waals surface area (Å²) in [4.78, 5) is 4.15. The maximum absolute atomic E-state index is 4.15. The molecule has 0 saturated heterocycles. The van der Waals surface area contributed by atoms with E-state index in [1.165, 1.54) is 0 Å². The van der Waals surface area contributed by atoms with Crippen LogP contribution in [-0.4, -0.2) is 11.5 Å². The zero-order valence-electron chi connectivity index (χ0n) is 6.22. The molecule has 1 N–H and O–H groups in total. The van der Waals surface area contributed by atoms with E-state index in [0.29, 0.717) is 0 Å². The number of rotatable bonds is 3. The van der Waals surface area contributed by atoms with Gasteiger partial charge in [0.25, 0.3) is 0 Å². The largest absolute Gasteiger partial charge is 0.305 e. The molecule has 1 aromatic heterocycles. The van der Waals surface area contributed by atoms with Crippen molar-refractivity contribution in [1.29, 1.82) is 0 Å². The van der Waals surface area contributed by atoms with Crippen LogP contribution < -0.4 is 5.32 Å². The first kappa shape index (κ1) is 7.69. The fraction of sp³-hybridized carbons (Fsp3) is 0.429. The molecule has 10 heavy (non-hydrogen) atoms. The molecule has 0 unspecified atom stereocenters. The van der Waals surface area contributed by atoms with Gasteiger partial charge in [0.05, 0.1) is 17.2 Å². The molecule has 0 amide bonds. The van der Waals surface area contributed by atoms with E-state index in [1.807, 2.05) is 17.8 Å². The minimum Gasteiger partial charge on any atom is -0.305 e. The third-order valence-electron chi connectivity index (χ3n) is 1.26. The topological polar surface area (TPSA) is 24.9 Å². The Morgan fingerprint density at radius 2 is 2.60 bits per heavy atom. The molecule has 0 aromatic carbocycles. The van der Waals surface area contributed by atoms with Crippen LogP contribution in [0.5, 0.6) is 0 Å². The molecule has 1 radical (unpaired) electrons. The molecule has 0 aliphatic rings. The monoisotopic (exact) mass is 155 g/mol. The molecular weight excluding hydrogens is 144 g/mol. The zero-order valence-corrected chi connectivity index (χ0v) is 7.03. The van der Waals surface area contributed by atoms with Crippen LogP contribution in [0.2, 0.25) is 0 Å². The van der Waals surface area contributed by atoms with Gasteiger partial charge in [-0.3, -0.25) is 0 Å². The number of nitrogens with zero attached hydrogens (tertiary/aromatic N) is 1. The van der Waals surface area contributed by atoms with Gasteiger partial charge in [0.1, 0.15) is 0 Å². The average molecular weight is 155 g/mol. The molecule has 0 spiro atoms. The summed E-state index contributed by atoms with van der Waals surface area (Å²) in [5.41, 5.74) is 2.91. The maximum Gasteiger partial charge on any atom is 0.0827 e. The minimum atomic E-state index is 0.962. The first-order chi connectivity index (χ1) is 4.84. The number of aromatic nitrogens is 1. The molecule has 0 bridgehead atoms. The Bertz CT molecular complexity index is 172. The molecule has 2 nitrogen and oxygen atoms in total. The molecule has 0 fully saturated rings. The van der Waals surface area contributed by atoms with E-state index >= 15 is 0 Å². The van der Waals surface area contributed by atoms with Crippen molar-refractivity contribution in [3.05, 3.63) is 22.6 Å². The van der Waals surface area contributed by atoms with Crippen molar-refractivity contribution in [2.24, 2.45) is 0 Å². The van der Waals surface area contributed by atoms with E-state index in [4.69, 9.17) is 0 Å². The molecule has 0 aliphatic heterocycles. The smallest absolute Gasteiger partial charge is 0.0827 e. The second kappa shape index (κ2) is 3.68. The Morgan fingerprint density at radius 1 is 1.80 bits per heavy atom. The van der Waals surface area contributed by atoms with Crippen LogP contribution in [0.25, 0.3) is 0 Å². The van der Waals surface area contributed by atoms with Crippen LogP contribution in [0.15, 0.2) is 10.9 Å². The third-order valence-corrected chi connectivity index (χ3v) is 1.84. The first-order valence-electron chi connectivity index (χ1n) is 3.30. The lowest BCUT2D eigenvalue weighted by Gasteiger charge is -2.06. The molecule has 55 valence electrons. The quantitative estimate of drug-likeness (QED) is 0.718. The van der Waals surface area contributed by atoms with Crippen molar-refractivity contribution in [3.63, 3.8) is 0 Å². The number of nitrogens with one attached hydrogen (secondary N) is 1. The lowest BCUT2D eigenvalue weighted by Crippen LogP contribution is -2.18. The van der Waals surface area contributed by atoms with Crippen LogP contribution in [0.1, 0.15) is 19.5 Å². The van der Waals surface area contributed by atoms with Gasteiger partial charge in [-0.2, -0.15) is 0 Å². The Morgan fingerprint density at radius 3 is 3.10 bits per heavy atom. The second-order valence-electron chi connectivity index (χ2n) is 2.03. The summed E-state index contributed by atoms with van der Waals surface area (Å²) in [6.07, 6.45) is 0. The highest BCUT2D eigenvalue weighted by Crippen LogP contribution is 2.09. The highest BCUT2D eigenvalue weighted by atomic mass is 32.1. The summed E-state index contributed by atoms with van der Waals surface area (Å²) in [7, 11) is 0. The van der Waals surface area contributed by atoms with Gasteiger partial charge >= 0.3 is 0 Å². The third kappa shape index (κ3) is 1.78. The van der Waals surface area contributed by atoms with Gasteiger partial charge in [-0.05, 0) is 13.5 Å². The summed E-state index contributed by atoms with van der Waals surface area (Å²) in [6.45, 7) is 5.08. The Kier molecular flexibility index (Phi) is 2.83. The Hall–Kier alpha value is -0.410. The predicted molar refractivity (Wildman–Crippen MR) is 43.8 cm³/mol. The second-order valence-corrected chi connectivity index (χ2v) is 2.75. The van der Waals surface area contributed by atoms with Crippen molar-refractivity contribution < 1.29 is 0 Å². The highest BCUT2D eigenvalue weighted by Gasteiger charge is 2.04. The molecule has 1 heterocycles. The van der Waals surface area contributed by atoms with Crippen molar-refractivity contribution >= 4 is 11.3 Å². The standard InChI is InChI=1S/C7H11N2S/c1-3-8-6(2)7-4-10-5-9-7/h4-5,8H,3H2,1-2H3. The van der Waals surface area contributed by atoms with E-state index < -0.39 is 0 Å². The average Bonchev–Trinajstić information content (AvgIpc) is 2.38. The van der Waals surface area contributed by atoms with Crippen molar-refractivity contribution in [2.75, 3.05) is 6.54 Å². The Balaban J connectivity index is 2.50. The van der Waals surface area contributed by atoms with Crippen molar-refractivity contribution in [2.45, 2.75) is 13.8 Å². The maximum atomic E-state index is 4.15. The minimum absolute atomic E-state index is 0.962. The summed E-state index contributed by atoms with van der Waals surface area (Å²) in [5.74, 6) is 0. The highest BCUT2D eigenvalue weighted by molar-refractivity contribution is 7.07. The molecule has 1 rings (SSSR count). The zero-order chi connectivity index (χ0) is 7.40. The summed E-state index contributed by atoms with van der Waals surface area (Å²) >= 11 is 1.62. The van der Waals surface area contributed by atoms with Gasteiger partial charge < -0.3 is 5.32 Å². The SMILES string of the molecule is CCN[C](C)c1cscn1. The number of hydrogen-bond acceptors (Lipinski definition) is 3. The first-order valence-corrected chi connectivity index (χ1v) is 4.25. The Labute approximate surface area is 65.3 Å². The van der Waals surface area contributed by atoms with Gasteiger partial charge in [0, 0.05) is 5.38 Å². The van der Waals surface area contributed by atoms with E-state index in [0.717, 1.165) is 18.3 Å². The van der Waals surface area contributed by atoms with Crippen molar-refractivity contribution in [1.82, 2.24) is 10.3 Å². The van der Waals surface area contributed by atoms with E-state index in [-0.39, 0.29) is 0 Å². The fourth-order valence-corrected chi connectivity index (χ4v) is 1.36. The normalized spacial score (nSPS) is 10.7. The van der Waals surface area contributed by atoms with Crippen LogP contribution >= 0.6 is 11.3 Å². The summed E-state index contributed by atoms with van der Waals surface area (Å²) in [5, 5.41) is 5.25. The van der Waals surface area contributed by atoms with Gasteiger partial charge in [-0.25, -0.2) is 4.98 Å². The van der Waals surface area contributed by atoms with Gasteiger partial charge in [0.15, 0.2) is 0 Å². The lowest BCUT2D eigenvalue weighted by molar-refractivity contribution is 0.757. The predicted octanol–water partition coefficient (Wildman–Crippen LogP) is 1.65. The lowest BCUT2D eigenvalue weighted by atomic mass is 10.3. The van der Waals surface area contributed by atoms with E-state index in [2.05, 4.69) is 17.2 Å². The molecule has 3 heteroatoms. The van der Waals surface area contributed by atoms with Crippen molar-refractivity contribution in [3.8, 4) is 0 Å². The molecular formula is C7H11N2S. The van der Waals surface area contributed by atoms with Crippen LogP contribution in [-0.2, 0) is 0 Å². The van der Waals surface area contributed by atoms with Gasteiger partial charge in [-0.15, -0.1) is 11.3 Å². The van der Waals surface area contributed by atoms with Gasteiger partial charge in [0.2, 0.25) is 0 Å². The molecule has 0 aliphatic carbocycles. The summed E-state index contributed by atoms with van der Waals surface area (Å²) < 4.78 is 0. The molecule has 0 saturated carbocycles. The van der Waals surface area contributed by atoms with Gasteiger partial charge in [-0.1, -0.05) is 6.92 Å². The summed E-state index contributed by atoms with van der Waals surface area (Å²) in [6, 6.07) is 1.16. The van der Waals surface area contributed by atoms with Crippen LogP contribution in [0.4, 0.5) is 0 Å². The number of thiazole rings is 1. The fourth-order valence-electron chi connectivity index (χ4n) is 0.753.